The second-order valence-electron chi connectivity index (χ2n) is 4.56. The summed E-state index contributed by atoms with van der Waals surface area (Å²) < 4.78 is 0. The second kappa shape index (κ2) is 6.95. The van der Waals surface area contributed by atoms with Crippen LogP contribution in [0.25, 0.3) is 0 Å². The molecule has 5 nitrogen and oxygen atoms in total. The van der Waals surface area contributed by atoms with Crippen LogP contribution in [0.2, 0.25) is 5.15 Å². The van der Waals surface area contributed by atoms with Gasteiger partial charge in [-0.05, 0) is 18.1 Å². The number of carboxylic acids is 1. The van der Waals surface area contributed by atoms with Crippen LogP contribution in [0.4, 0.5) is 5.82 Å². The Balaban J connectivity index is 3.15. The highest BCUT2D eigenvalue weighted by atomic mass is 35.5. The van der Waals surface area contributed by atoms with Gasteiger partial charge in [0.15, 0.2) is 0 Å². The van der Waals surface area contributed by atoms with E-state index in [4.69, 9.17) is 16.9 Å². The van der Waals surface area contributed by atoms with Gasteiger partial charge in [0, 0.05) is 13.1 Å². The highest BCUT2D eigenvalue weighted by Crippen LogP contribution is 2.22. The van der Waals surface area contributed by atoms with Crippen LogP contribution in [0.1, 0.15) is 30.6 Å². The molecule has 1 aromatic heterocycles. The van der Waals surface area contributed by atoms with Crippen LogP contribution in [0.15, 0.2) is 12.1 Å². The molecule has 0 aliphatic heterocycles. The summed E-state index contributed by atoms with van der Waals surface area (Å²) in [6, 6.07) is 4.94. The summed E-state index contributed by atoms with van der Waals surface area (Å²) in [5.41, 5.74) is 0.1000. The Morgan fingerprint density at radius 1 is 1.58 bits per heavy atom. The Hall–Kier alpha value is -1.80. The molecule has 0 spiro atoms. The Bertz CT molecular complexity index is 497. The van der Waals surface area contributed by atoms with Gasteiger partial charge in [-0.3, -0.25) is 0 Å². The monoisotopic (exact) mass is 281 g/mol. The van der Waals surface area contributed by atoms with Crippen LogP contribution in [0.5, 0.6) is 0 Å². The molecule has 0 saturated carbocycles. The van der Waals surface area contributed by atoms with E-state index < -0.39 is 5.97 Å². The van der Waals surface area contributed by atoms with Gasteiger partial charge < -0.3 is 10.0 Å². The van der Waals surface area contributed by atoms with E-state index >= 15 is 0 Å². The number of hydrogen-bond donors (Lipinski definition) is 1. The summed E-state index contributed by atoms with van der Waals surface area (Å²) in [5.74, 6) is -0.407. The molecule has 0 atom stereocenters. The number of rotatable bonds is 6. The van der Waals surface area contributed by atoms with Gasteiger partial charge in [-0.15, -0.1) is 0 Å². The highest BCUT2D eigenvalue weighted by molar-refractivity contribution is 6.29. The molecule has 0 aliphatic carbocycles. The summed E-state index contributed by atoms with van der Waals surface area (Å²) in [6.07, 6.45) is 0.306. The van der Waals surface area contributed by atoms with Crippen LogP contribution in [0.3, 0.4) is 0 Å². The van der Waals surface area contributed by atoms with Crippen molar-refractivity contribution >= 4 is 23.4 Å². The summed E-state index contributed by atoms with van der Waals surface area (Å²) in [5, 5.41) is 18.1. The summed E-state index contributed by atoms with van der Waals surface area (Å²) in [4.78, 5) is 17.1. The molecule has 1 N–H and O–H groups in total. The van der Waals surface area contributed by atoms with Gasteiger partial charge in [0.25, 0.3) is 0 Å². The first-order chi connectivity index (χ1) is 8.95. The lowest BCUT2D eigenvalue weighted by Crippen LogP contribution is -2.31. The van der Waals surface area contributed by atoms with Crippen LogP contribution in [-0.4, -0.2) is 29.1 Å². The van der Waals surface area contributed by atoms with Crippen molar-refractivity contribution in [3.05, 3.63) is 22.8 Å². The van der Waals surface area contributed by atoms with E-state index in [-0.39, 0.29) is 10.7 Å². The normalized spacial score (nSPS) is 10.3. The molecule has 1 heterocycles. The molecule has 1 rings (SSSR count). The van der Waals surface area contributed by atoms with Crippen molar-refractivity contribution in [2.45, 2.75) is 20.3 Å². The molecule has 0 aliphatic rings. The molecule has 6 heteroatoms. The van der Waals surface area contributed by atoms with Gasteiger partial charge in [-0.1, -0.05) is 25.4 Å². The predicted octanol–water partition coefficient (Wildman–Crippen LogP) is 2.81. The molecule has 0 saturated heterocycles. The smallest absolute Gasteiger partial charge is 0.339 e. The molecule has 1 aromatic rings. The number of pyridine rings is 1. The number of aromatic carboxylic acids is 1. The molecular formula is C13H16ClN3O2. The maximum atomic E-state index is 11.2. The largest absolute Gasteiger partial charge is 0.478 e. The van der Waals surface area contributed by atoms with E-state index in [0.717, 1.165) is 0 Å². The predicted molar refractivity (Wildman–Crippen MR) is 73.5 cm³/mol. The Labute approximate surface area is 117 Å². The van der Waals surface area contributed by atoms with Gasteiger partial charge in [-0.2, -0.15) is 5.26 Å². The summed E-state index contributed by atoms with van der Waals surface area (Å²) >= 11 is 5.84. The Kier molecular flexibility index (Phi) is 5.58. The van der Waals surface area contributed by atoms with Gasteiger partial charge in [0.2, 0.25) is 0 Å². The number of nitriles is 1. The third kappa shape index (κ3) is 4.42. The van der Waals surface area contributed by atoms with Crippen molar-refractivity contribution in [3.63, 3.8) is 0 Å². The van der Waals surface area contributed by atoms with Crippen LogP contribution >= 0.6 is 11.6 Å². The number of hydrogen-bond acceptors (Lipinski definition) is 4. The van der Waals surface area contributed by atoms with Gasteiger partial charge in [-0.25, -0.2) is 9.78 Å². The van der Waals surface area contributed by atoms with Crippen molar-refractivity contribution in [1.29, 1.82) is 5.26 Å². The SMILES string of the molecule is CC(C)CN(CCC#N)c1nc(Cl)ccc1C(=O)O. The average molecular weight is 282 g/mol. The lowest BCUT2D eigenvalue weighted by Gasteiger charge is -2.26. The Morgan fingerprint density at radius 2 is 2.26 bits per heavy atom. The molecule has 19 heavy (non-hydrogen) atoms. The average Bonchev–Trinajstić information content (AvgIpc) is 2.33. The van der Waals surface area contributed by atoms with E-state index in [2.05, 4.69) is 11.1 Å². The molecule has 0 amide bonds. The molecule has 0 aromatic carbocycles. The molecule has 0 radical (unpaired) electrons. The van der Waals surface area contributed by atoms with Gasteiger partial charge >= 0.3 is 5.97 Å². The van der Waals surface area contributed by atoms with Gasteiger partial charge in [0.1, 0.15) is 16.5 Å². The maximum Gasteiger partial charge on any atom is 0.339 e. The number of carboxylic acid groups (broad SMARTS) is 1. The highest BCUT2D eigenvalue weighted by Gasteiger charge is 2.19. The molecule has 102 valence electrons. The first-order valence-corrected chi connectivity index (χ1v) is 6.35. The molecule has 0 unspecified atom stereocenters. The van der Waals surface area contributed by atoms with Crippen LogP contribution < -0.4 is 4.90 Å². The lowest BCUT2D eigenvalue weighted by molar-refractivity contribution is 0.0697. The topological polar surface area (TPSA) is 77.2 Å². The van der Waals surface area contributed by atoms with Crippen LogP contribution in [0, 0.1) is 17.2 Å². The fourth-order valence-electron chi connectivity index (χ4n) is 1.74. The quantitative estimate of drug-likeness (QED) is 0.811. The zero-order valence-corrected chi connectivity index (χ0v) is 11.7. The minimum atomic E-state index is -1.05. The molecule has 0 bridgehead atoms. The van der Waals surface area contributed by atoms with E-state index in [0.29, 0.717) is 31.2 Å². The first kappa shape index (κ1) is 15.3. The lowest BCUT2D eigenvalue weighted by atomic mass is 10.1. The van der Waals surface area contributed by atoms with Crippen molar-refractivity contribution in [2.75, 3.05) is 18.0 Å². The van der Waals surface area contributed by atoms with Crippen molar-refractivity contribution < 1.29 is 9.90 Å². The number of carbonyl (C=O) groups is 1. The molecular weight excluding hydrogens is 266 g/mol. The Morgan fingerprint density at radius 3 is 2.79 bits per heavy atom. The zero-order valence-electron chi connectivity index (χ0n) is 10.9. The van der Waals surface area contributed by atoms with Crippen molar-refractivity contribution in [2.24, 2.45) is 5.92 Å². The number of nitrogens with zero attached hydrogens (tertiary/aromatic N) is 3. The number of anilines is 1. The first-order valence-electron chi connectivity index (χ1n) is 5.97. The zero-order chi connectivity index (χ0) is 14.4. The van der Waals surface area contributed by atoms with E-state index in [1.807, 2.05) is 13.8 Å². The summed E-state index contributed by atoms with van der Waals surface area (Å²) in [7, 11) is 0. The van der Waals surface area contributed by atoms with Crippen molar-refractivity contribution in [3.8, 4) is 6.07 Å². The number of halogens is 1. The molecule has 0 fully saturated rings. The fraction of sp³-hybridized carbons (Fsp3) is 0.462. The van der Waals surface area contributed by atoms with E-state index in [9.17, 15) is 9.90 Å². The minimum absolute atomic E-state index is 0.1000. The second-order valence-corrected chi connectivity index (χ2v) is 4.95. The maximum absolute atomic E-state index is 11.2. The fourth-order valence-corrected chi connectivity index (χ4v) is 1.89. The standard InChI is InChI=1S/C13H16ClN3O2/c1-9(2)8-17(7-3-6-15)12-10(13(18)19)4-5-11(14)16-12/h4-5,9H,3,7-8H2,1-2H3,(H,18,19). The van der Waals surface area contributed by atoms with Gasteiger partial charge in [0.05, 0.1) is 12.5 Å². The van der Waals surface area contributed by atoms with Crippen molar-refractivity contribution in [1.82, 2.24) is 4.98 Å². The van der Waals surface area contributed by atoms with E-state index in [1.54, 1.807) is 4.90 Å². The van der Waals surface area contributed by atoms with E-state index in [1.165, 1.54) is 12.1 Å². The third-order valence-electron chi connectivity index (χ3n) is 2.45. The minimum Gasteiger partial charge on any atom is -0.478 e. The van der Waals surface area contributed by atoms with Crippen LogP contribution in [-0.2, 0) is 0 Å². The third-order valence-corrected chi connectivity index (χ3v) is 2.66. The summed E-state index contributed by atoms with van der Waals surface area (Å²) in [6.45, 7) is 5.09. The number of aromatic nitrogens is 1.